The second-order valence-electron chi connectivity index (χ2n) is 7.23. The Hall–Kier alpha value is -2.83. The number of nitrogens with one attached hydrogen (secondary N) is 1. The highest BCUT2D eigenvalue weighted by Crippen LogP contribution is 2.25. The summed E-state index contributed by atoms with van der Waals surface area (Å²) in [6, 6.07) is 8.11. The van der Waals surface area contributed by atoms with Crippen molar-refractivity contribution in [2.75, 3.05) is 0 Å². The van der Waals surface area contributed by atoms with Gasteiger partial charge in [-0.05, 0) is 11.1 Å². The molecule has 1 aromatic carbocycles. The lowest BCUT2D eigenvalue weighted by Gasteiger charge is -2.19. The molecule has 1 unspecified atom stereocenters. The van der Waals surface area contributed by atoms with Crippen LogP contribution in [-0.4, -0.2) is 33.0 Å². The largest absolute Gasteiger partial charge is 0.480 e. The highest BCUT2D eigenvalue weighted by Gasteiger charge is 2.27. The first-order valence-electron chi connectivity index (χ1n) is 8.40. The van der Waals surface area contributed by atoms with E-state index in [4.69, 9.17) is 4.74 Å². The molecule has 1 atom stereocenters. The van der Waals surface area contributed by atoms with Crippen molar-refractivity contribution in [3.05, 3.63) is 53.3 Å². The molecule has 0 spiro atoms. The molecule has 0 radical (unpaired) electrons. The van der Waals surface area contributed by atoms with Crippen LogP contribution in [-0.2, 0) is 35.0 Å². The Morgan fingerprint density at radius 3 is 2.50 bits per heavy atom. The molecule has 0 aliphatic heterocycles. The van der Waals surface area contributed by atoms with E-state index in [1.165, 1.54) is 0 Å². The van der Waals surface area contributed by atoms with E-state index in [0.29, 0.717) is 0 Å². The van der Waals surface area contributed by atoms with Crippen LogP contribution < -0.4 is 5.32 Å². The summed E-state index contributed by atoms with van der Waals surface area (Å²) in [5, 5.41) is 16.3. The molecule has 0 saturated heterocycles. The Balaban J connectivity index is 2.03. The maximum absolute atomic E-state index is 12.0. The summed E-state index contributed by atoms with van der Waals surface area (Å²) in [7, 11) is 1.79. The van der Waals surface area contributed by atoms with Crippen molar-refractivity contribution in [2.45, 2.75) is 45.3 Å². The van der Waals surface area contributed by atoms with E-state index in [1.54, 1.807) is 17.9 Å². The first kappa shape index (κ1) is 19.5. The van der Waals surface area contributed by atoms with Crippen LogP contribution in [0, 0.1) is 0 Å². The Morgan fingerprint density at radius 1 is 1.27 bits per heavy atom. The van der Waals surface area contributed by atoms with Crippen LogP contribution in [0.1, 0.15) is 37.6 Å². The van der Waals surface area contributed by atoms with E-state index in [1.807, 2.05) is 51.1 Å². The molecule has 0 fully saturated rings. The number of aliphatic carboxylic acids is 1. The van der Waals surface area contributed by atoms with Crippen molar-refractivity contribution < 1.29 is 19.4 Å². The van der Waals surface area contributed by atoms with Crippen molar-refractivity contribution in [2.24, 2.45) is 7.05 Å². The summed E-state index contributed by atoms with van der Waals surface area (Å²) >= 11 is 0. The van der Waals surface area contributed by atoms with Gasteiger partial charge in [-0.1, -0.05) is 51.1 Å². The number of aromatic nitrogens is 2. The summed E-state index contributed by atoms with van der Waals surface area (Å²) in [6.45, 7) is 6.11. The van der Waals surface area contributed by atoms with Gasteiger partial charge in [0.25, 0.3) is 0 Å². The van der Waals surface area contributed by atoms with Crippen LogP contribution in [0.25, 0.3) is 0 Å². The van der Waals surface area contributed by atoms with Crippen molar-refractivity contribution in [3.63, 3.8) is 0 Å². The zero-order valence-electron chi connectivity index (χ0n) is 15.5. The van der Waals surface area contributed by atoms with Gasteiger partial charge in [0.05, 0.1) is 5.69 Å². The molecule has 0 aliphatic rings. The fourth-order valence-corrected chi connectivity index (χ4v) is 2.65. The summed E-state index contributed by atoms with van der Waals surface area (Å²) < 4.78 is 6.77. The number of carboxylic acid groups (broad SMARTS) is 1. The lowest BCUT2D eigenvalue weighted by Crippen LogP contribution is -2.42. The van der Waals surface area contributed by atoms with Gasteiger partial charge in [0, 0.05) is 25.1 Å². The number of alkyl carbamates (subject to hydrolysis) is 1. The molecular formula is C19H25N3O4. The number of benzene rings is 1. The van der Waals surface area contributed by atoms with Gasteiger partial charge in [-0.15, -0.1) is 0 Å². The maximum atomic E-state index is 12.0. The van der Waals surface area contributed by atoms with Crippen LogP contribution in [0.5, 0.6) is 0 Å². The second-order valence-corrected chi connectivity index (χ2v) is 7.23. The molecule has 2 aromatic rings. The van der Waals surface area contributed by atoms with Crippen LogP contribution in [0.4, 0.5) is 4.79 Å². The smallest absolute Gasteiger partial charge is 0.408 e. The molecule has 2 N–H and O–H groups in total. The highest BCUT2D eigenvalue weighted by atomic mass is 16.5. The normalized spacial score (nSPS) is 12.5. The van der Waals surface area contributed by atoms with Gasteiger partial charge in [0.1, 0.15) is 12.6 Å². The minimum Gasteiger partial charge on any atom is -0.480 e. The maximum Gasteiger partial charge on any atom is 0.408 e. The van der Waals surface area contributed by atoms with E-state index in [-0.39, 0.29) is 18.4 Å². The van der Waals surface area contributed by atoms with Gasteiger partial charge in [-0.2, -0.15) is 5.10 Å². The van der Waals surface area contributed by atoms with Gasteiger partial charge < -0.3 is 15.2 Å². The first-order valence-corrected chi connectivity index (χ1v) is 8.40. The predicted molar refractivity (Wildman–Crippen MR) is 96.8 cm³/mol. The van der Waals surface area contributed by atoms with E-state index in [9.17, 15) is 14.7 Å². The van der Waals surface area contributed by atoms with Crippen LogP contribution >= 0.6 is 0 Å². The van der Waals surface area contributed by atoms with Crippen LogP contribution in [0.2, 0.25) is 0 Å². The summed E-state index contributed by atoms with van der Waals surface area (Å²) in [5.41, 5.74) is 2.20. The number of rotatable bonds is 6. The molecule has 7 nitrogen and oxygen atoms in total. The Morgan fingerprint density at radius 2 is 1.92 bits per heavy atom. The third-order valence-corrected chi connectivity index (χ3v) is 3.84. The molecule has 1 aromatic heterocycles. The van der Waals surface area contributed by atoms with Gasteiger partial charge in [0.15, 0.2) is 0 Å². The molecule has 1 amide bonds. The zero-order valence-corrected chi connectivity index (χ0v) is 15.5. The lowest BCUT2D eigenvalue weighted by molar-refractivity contribution is -0.139. The van der Waals surface area contributed by atoms with Crippen molar-refractivity contribution in [3.8, 4) is 0 Å². The van der Waals surface area contributed by atoms with Crippen LogP contribution in [0.15, 0.2) is 36.5 Å². The SMILES string of the molecule is Cn1cc(CC(NC(=O)OCc2ccccc2)C(=O)O)c(C(C)(C)C)n1. The standard InChI is InChI=1S/C19H25N3O4/c1-19(2,3)16-14(11-22(4)21-16)10-15(17(23)24)20-18(25)26-12-13-8-6-5-7-9-13/h5-9,11,15H,10,12H2,1-4H3,(H,20,25)(H,23,24). The number of hydrogen-bond acceptors (Lipinski definition) is 4. The zero-order chi connectivity index (χ0) is 19.3. The Bertz CT molecular complexity index is 763. The predicted octanol–water partition coefficient (Wildman–Crippen LogP) is 2.64. The molecule has 26 heavy (non-hydrogen) atoms. The number of aryl methyl sites for hydroxylation is 1. The van der Waals surface area contributed by atoms with E-state index < -0.39 is 18.1 Å². The van der Waals surface area contributed by atoms with Crippen molar-refractivity contribution in [1.82, 2.24) is 15.1 Å². The first-order chi connectivity index (χ1) is 12.2. The fourth-order valence-electron chi connectivity index (χ4n) is 2.65. The van der Waals surface area contributed by atoms with Crippen LogP contribution in [0.3, 0.4) is 0 Å². The molecule has 2 rings (SSSR count). The summed E-state index contributed by atoms with van der Waals surface area (Å²) in [4.78, 5) is 23.6. The average molecular weight is 359 g/mol. The van der Waals surface area contributed by atoms with Gasteiger partial charge in [-0.3, -0.25) is 4.68 Å². The van der Waals surface area contributed by atoms with Gasteiger partial charge >= 0.3 is 12.1 Å². The Labute approximate surface area is 153 Å². The lowest BCUT2D eigenvalue weighted by atomic mass is 9.88. The Kier molecular flexibility index (Phi) is 6.02. The number of ether oxygens (including phenoxy) is 1. The molecule has 0 saturated carbocycles. The van der Waals surface area contributed by atoms with Crippen molar-refractivity contribution in [1.29, 1.82) is 0 Å². The topological polar surface area (TPSA) is 93.5 Å². The number of carbonyl (C=O) groups is 2. The quantitative estimate of drug-likeness (QED) is 0.827. The number of carbonyl (C=O) groups excluding carboxylic acids is 1. The number of carboxylic acids is 1. The summed E-state index contributed by atoms with van der Waals surface area (Å²) in [6.07, 6.45) is 1.16. The molecule has 1 heterocycles. The molecule has 140 valence electrons. The van der Waals surface area contributed by atoms with Gasteiger partial charge in [0.2, 0.25) is 0 Å². The monoisotopic (exact) mass is 359 g/mol. The molecule has 0 bridgehead atoms. The molecule has 0 aliphatic carbocycles. The van der Waals surface area contributed by atoms with E-state index >= 15 is 0 Å². The number of hydrogen-bond donors (Lipinski definition) is 2. The van der Waals surface area contributed by atoms with Gasteiger partial charge in [-0.25, -0.2) is 9.59 Å². The number of amides is 1. The molecule has 7 heteroatoms. The second kappa shape index (κ2) is 8.03. The fraction of sp³-hybridized carbons (Fsp3) is 0.421. The van der Waals surface area contributed by atoms with E-state index in [0.717, 1.165) is 16.8 Å². The van der Waals surface area contributed by atoms with E-state index in [2.05, 4.69) is 10.4 Å². The number of nitrogens with zero attached hydrogens (tertiary/aromatic N) is 2. The third-order valence-electron chi connectivity index (χ3n) is 3.84. The minimum absolute atomic E-state index is 0.0825. The average Bonchev–Trinajstić information content (AvgIpc) is 2.94. The minimum atomic E-state index is -1.12. The summed E-state index contributed by atoms with van der Waals surface area (Å²) in [5.74, 6) is -1.12. The van der Waals surface area contributed by atoms with Crippen molar-refractivity contribution >= 4 is 12.1 Å². The third kappa shape index (κ3) is 5.34. The highest BCUT2D eigenvalue weighted by molar-refractivity contribution is 5.80. The molecular weight excluding hydrogens is 334 g/mol.